The molecule has 1 aromatic carbocycles. The van der Waals surface area contributed by atoms with Gasteiger partial charge in [-0.2, -0.15) is 11.3 Å². The molecule has 0 saturated heterocycles. The maximum absolute atomic E-state index is 11.9. The molecule has 0 aliphatic heterocycles. The molecule has 0 aliphatic rings. The number of anilines is 1. The maximum atomic E-state index is 11.9. The van der Waals surface area contributed by atoms with Crippen molar-refractivity contribution in [2.75, 3.05) is 18.4 Å². The highest BCUT2D eigenvalue weighted by molar-refractivity contribution is 7.07. The Morgan fingerprint density at radius 1 is 1.20 bits per heavy atom. The van der Waals surface area contributed by atoms with Gasteiger partial charge in [0.15, 0.2) is 5.96 Å². The minimum Gasteiger partial charge on any atom is -0.357 e. The predicted molar refractivity (Wildman–Crippen MR) is 106 cm³/mol. The van der Waals surface area contributed by atoms with Crippen LogP contribution in [0.25, 0.3) is 0 Å². The Balaban J connectivity index is 1.69. The Morgan fingerprint density at radius 3 is 2.68 bits per heavy atom. The lowest BCUT2D eigenvalue weighted by Crippen LogP contribution is -2.38. The summed E-state index contributed by atoms with van der Waals surface area (Å²) in [4.78, 5) is 16.5. The summed E-state index contributed by atoms with van der Waals surface area (Å²) in [5, 5.41) is 14.1. The van der Waals surface area contributed by atoms with Gasteiger partial charge in [-0.15, -0.1) is 0 Å². The quantitative estimate of drug-likeness (QED) is 0.371. The number of hydrogen-bond donors (Lipinski definition) is 3. The van der Waals surface area contributed by atoms with E-state index in [0.29, 0.717) is 24.5 Å². The van der Waals surface area contributed by atoms with Crippen molar-refractivity contribution in [2.24, 2.45) is 4.99 Å². The van der Waals surface area contributed by atoms with E-state index in [1.54, 1.807) is 35.6 Å². The molecule has 0 spiro atoms. The fourth-order valence-electron chi connectivity index (χ4n) is 2.11. The average molecular weight is 379 g/mol. The summed E-state index contributed by atoms with van der Waals surface area (Å²) in [6, 6.07) is 9.16. The monoisotopic (exact) mass is 378 g/mol. The van der Waals surface area contributed by atoms with Gasteiger partial charge in [0.05, 0.1) is 6.54 Å². The Bertz CT molecular complexity index is 671. The van der Waals surface area contributed by atoms with E-state index < -0.39 is 0 Å². The van der Waals surface area contributed by atoms with Crippen molar-refractivity contribution < 1.29 is 4.79 Å². The topological polar surface area (TPSA) is 65.5 Å². The van der Waals surface area contributed by atoms with Gasteiger partial charge in [0.2, 0.25) is 5.91 Å². The zero-order chi connectivity index (χ0) is 17.9. The molecular weight excluding hydrogens is 356 g/mol. The van der Waals surface area contributed by atoms with Gasteiger partial charge < -0.3 is 16.0 Å². The number of aliphatic imine (C=N–C) groups is 1. The van der Waals surface area contributed by atoms with Crippen LogP contribution in [0, 0.1) is 0 Å². The first kappa shape index (κ1) is 19.3. The highest BCUT2D eigenvalue weighted by atomic mass is 35.5. The molecule has 134 valence electrons. The Morgan fingerprint density at radius 2 is 2.00 bits per heavy atom. The summed E-state index contributed by atoms with van der Waals surface area (Å²) in [6.07, 6.45) is 1.17. The molecule has 0 atom stereocenters. The van der Waals surface area contributed by atoms with Crippen LogP contribution in [-0.2, 0) is 11.3 Å². The van der Waals surface area contributed by atoms with Crippen LogP contribution in [-0.4, -0.2) is 25.0 Å². The third-order valence-electron chi connectivity index (χ3n) is 3.35. The van der Waals surface area contributed by atoms with Crippen LogP contribution >= 0.6 is 22.9 Å². The molecule has 3 N–H and O–H groups in total. The highest BCUT2D eigenvalue weighted by Gasteiger charge is 2.03. The molecule has 0 fully saturated rings. The molecule has 5 nitrogen and oxygen atoms in total. The van der Waals surface area contributed by atoms with Crippen molar-refractivity contribution in [3.63, 3.8) is 0 Å². The van der Waals surface area contributed by atoms with Crippen LogP contribution in [0.1, 0.15) is 25.3 Å². The van der Waals surface area contributed by atoms with Crippen molar-refractivity contribution in [3.05, 3.63) is 51.7 Å². The van der Waals surface area contributed by atoms with Crippen LogP contribution in [0.4, 0.5) is 5.69 Å². The fourth-order valence-corrected chi connectivity index (χ4v) is 2.89. The van der Waals surface area contributed by atoms with Crippen molar-refractivity contribution in [1.82, 2.24) is 10.6 Å². The predicted octanol–water partition coefficient (Wildman–Crippen LogP) is 3.88. The molecule has 0 saturated carbocycles. The number of hydrogen-bond acceptors (Lipinski definition) is 3. The number of nitrogens with zero attached hydrogens (tertiary/aromatic N) is 1. The Hall–Kier alpha value is -2.05. The van der Waals surface area contributed by atoms with E-state index in [2.05, 4.69) is 32.4 Å². The number of carbonyl (C=O) groups is 1. The second-order valence-corrected chi connectivity index (χ2v) is 6.63. The van der Waals surface area contributed by atoms with Gasteiger partial charge in [0.25, 0.3) is 0 Å². The molecule has 1 amide bonds. The van der Waals surface area contributed by atoms with Crippen LogP contribution < -0.4 is 16.0 Å². The third kappa shape index (κ3) is 7.58. The number of thiophene rings is 1. The van der Waals surface area contributed by atoms with Gasteiger partial charge >= 0.3 is 0 Å². The second-order valence-electron chi connectivity index (χ2n) is 5.41. The first-order valence-corrected chi connectivity index (χ1v) is 9.58. The van der Waals surface area contributed by atoms with Crippen molar-refractivity contribution in [1.29, 1.82) is 0 Å². The molecule has 7 heteroatoms. The van der Waals surface area contributed by atoms with Crippen LogP contribution in [0.3, 0.4) is 0 Å². The smallest absolute Gasteiger partial charge is 0.224 e. The van der Waals surface area contributed by atoms with Crippen LogP contribution in [0.15, 0.2) is 46.1 Å². The molecule has 0 unspecified atom stereocenters. The normalized spacial score (nSPS) is 11.2. The summed E-state index contributed by atoms with van der Waals surface area (Å²) in [7, 11) is 0. The van der Waals surface area contributed by atoms with Gasteiger partial charge in [0, 0.05) is 30.2 Å². The summed E-state index contributed by atoms with van der Waals surface area (Å²) in [5.74, 6) is 0.760. The van der Waals surface area contributed by atoms with Gasteiger partial charge in [-0.25, -0.2) is 4.99 Å². The molecule has 2 rings (SSSR count). The van der Waals surface area contributed by atoms with Crippen LogP contribution in [0.2, 0.25) is 5.02 Å². The fraction of sp³-hybridized carbons (Fsp3) is 0.333. The number of nitrogens with one attached hydrogen (secondary N) is 3. The molecule has 2 aromatic rings. The summed E-state index contributed by atoms with van der Waals surface area (Å²) in [6.45, 7) is 4.16. The number of halogens is 1. The summed E-state index contributed by atoms with van der Waals surface area (Å²) in [5.41, 5.74) is 1.96. The molecule has 1 aromatic heterocycles. The first-order chi connectivity index (χ1) is 12.2. The summed E-state index contributed by atoms with van der Waals surface area (Å²) < 4.78 is 0. The van der Waals surface area contributed by atoms with Crippen molar-refractivity contribution in [2.45, 2.75) is 26.3 Å². The van der Waals surface area contributed by atoms with Gasteiger partial charge in [0.1, 0.15) is 0 Å². The molecule has 0 aliphatic carbocycles. The lowest BCUT2D eigenvalue weighted by Gasteiger charge is -2.11. The zero-order valence-corrected chi connectivity index (χ0v) is 15.8. The van der Waals surface area contributed by atoms with Crippen molar-refractivity contribution in [3.8, 4) is 0 Å². The Labute approximate surface area is 157 Å². The van der Waals surface area contributed by atoms with E-state index in [1.807, 2.05) is 12.3 Å². The largest absolute Gasteiger partial charge is 0.357 e. The average Bonchev–Trinajstić information content (AvgIpc) is 3.12. The van der Waals surface area contributed by atoms with Gasteiger partial charge in [-0.1, -0.05) is 11.6 Å². The van der Waals surface area contributed by atoms with Crippen LogP contribution in [0.5, 0.6) is 0 Å². The maximum Gasteiger partial charge on any atom is 0.224 e. The zero-order valence-electron chi connectivity index (χ0n) is 14.2. The van der Waals surface area contributed by atoms with Crippen molar-refractivity contribution >= 4 is 40.5 Å². The number of amides is 1. The number of benzene rings is 1. The standard InChI is InChI=1S/C18H23ClN4OS/c1-2-20-18(22-12-14-9-11-25-13-14)21-10-3-4-17(24)23-16-7-5-15(19)6-8-16/h5-9,11,13H,2-4,10,12H2,1H3,(H,23,24)(H2,20,21,22). The molecule has 0 bridgehead atoms. The minimum absolute atomic E-state index is 0.00987. The SMILES string of the molecule is CCNC(=NCc1ccsc1)NCCCC(=O)Nc1ccc(Cl)cc1. The highest BCUT2D eigenvalue weighted by Crippen LogP contribution is 2.13. The lowest BCUT2D eigenvalue weighted by atomic mass is 10.2. The minimum atomic E-state index is -0.00987. The molecule has 1 heterocycles. The van der Waals surface area contributed by atoms with E-state index in [-0.39, 0.29) is 5.91 Å². The molecular formula is C18H23ClN4OS. The number of carbonyl (C=O) groups excluding carboxylic acids is 1. The van der Waals surface area contributed by atoms with E-state index in [1.165, 1.54) is 5.56 Å². The Kier molecular flexibility index (Phi) is 8.28. The van der Waals surface area contributed by atoms with Gasteiger partial charge in [-0.05, 0) is 60.0 Å². The summed E-state index contributed by atoms with van der Waals surface area (Å²) >= 11 is 7.50. The second kappa shape index (κ2) is 10.7. The van der Waals surface area contributed by atoms with E-state index >= 15 is 0 Å². The van der Waals surface area contributed by atoms with E-state index in [0.717, 1.165) is 24.6 Å². The molecule has 25 heavy (non-hydrogen) atoms. The third-order valence-corrected chi connectivity index (χ3v) is 4.33. The van der Waals surface area contributed by atoms with E-state index in [9.17, 15) is 4.79 Å². The lowest BCUT2D eigenvalue weighted by molar-refractivity contribution is -0.116. The number of guanidine groups is 1. The molecule has 0 radical (unpaired) electrons. The van der Waals surface area contributed by atoms with Gasteiger partial charge in [-0.3, -0.25) is 4.79 Å². The first-order valence-electron chi connectivity index (χ1n) is 8.26. The number of rotatable bonds is 8. The van der Waals surface area contributed by atoms with E-state index in [4.69, 9.17) is 11.6 Å².